The van der Waals surface area contributed by atoms with Gasteiger partial charge in [0.2, 0.25) is 0 Å². The molecule has 7 heteroatoms. The number of aliphatic hydroxyl groups excluding tert-OH is 1. The molecule has 0 aromatic rings. The second kappa shape index (κ2) is 13.3. The van der Waals surface area contributed by atoms with Crippen molar-refractivity contribution in [1.82, 2.24) is 0 Å². The summed E-state index contributed by atoms with van der Waals surface area (Å²) < 4.78 is 32.0. The van der Waals surface area contributed by atoms with Gasteiger partial charge in [-0.3, -0.25) is 0 Å². The van der Waals surface area contributed by atoms with Crippen molar-refractivity contribution in [3.05, 3.63) is 24.8 Å². The van der Waals surface area contributed by atoms with Crippen LogP contribution in [0.1, 0.15) is 72.6 Å². The minimum absolute atomic E-state index is 0.0179. The molecule has 0 radical (unpaired) electrons. The van der Waals surface area contributed by atoms with Crippen molar-refractivity contribution >= 4 is 8.32 Å². The average molecular weight is 511 g/mol. The highest BCUT2D eigenvalue weighted by atomic mass is 28.4. The molecule has 3 saturated heterocycles. The first kappa shape index (κ1) is 29.0. The van der Waals surface area contributed by atoms with E-state index in [1.165, 1.54) is 5.57 Å². The van der Waals surface area contributed by atoms with Crippen LogP contribution in [0, 0.1) is 0 Å². The Labute approximate surface area is 214 Å². The second-order valence-corrected chi connectivity index (χ2v) is 15.4. The number of methoxy groups -OCH3 is 1. The highest BCUT2D eigenvalue weighted by Gasteiger charge is 2.49. The van der Waals surface area contributed by atoms with Crippen molar-refractivity contribution in [3.63, 3.8) is 0 Å². The fourth-order valence-corrected chi connectivity index (χ4v) is 9.10. The quantitative estimate of drug-likeness (QED) is 0.259. The molecule has 3 fully saturated rings. The highest BCUT2D eigenvalue weighted by Crippen LogP contribution is 2.38. The molecule has 0 aromatic carbocycles. The lowest BCUT2D eigenvalue weighted by Crippen LogP contribution is -2.57. The summed E-state index contributed by atoms with van der Waals surface area (Å²) in [5, 5.41) is 10.9. The van der Waals surface area contributed by atoms with Crippen LogP contribution in [0.5, 0.6) is 0 Å². The van der Waals surface area contributed by atoms with E-state index in [1.807, 2.05) is 6.08 Å². The van der Waals surface area contributed by atoms with Gasteiger partial charge in [0.25, 0.3) is 0 Å². The summed E-state index contributed by atoms with van der Waals surface area (Å²) >= 11 is 0. The van der Waals surface area contributed by atoms with E-state index in [1.54, 1.807) is 7.11 Å². The molecule has 35 heavy (non-hydrogen) atoms. The van der Waals surface area contributed by atoms with Gasteiger partial charge in [0, 0.05) is 20.0 Å². The molecule has 0 aliphatic carbocycles. The van der Waals surface area contributed by atoms with E-state index in [-0.39, 0.29) is 48.8 Å². The van der Waals surface area contributed by atoms with Gasteiger partial charge in [-0.25, -0.2) is 0 Å². The minimum Gasteiger partial charge on any atom is -0.409 e. The SMILES string of the molecule is C=CC[C@@H]1O[C@@H](C2OC(CCC3CC(=C)C(CC)O3)CC2O)CC(OC)C1O[Si](CC)(CC)CC. The third-order valence-electron chi connectivity index (χ3n) is 8.65. The van der Waals surface area contributed by atoms with Gasteiger partial charge in [-0.05, 0) is 55.8 Å². The van der Waals surface area contributed by atoms with E-state index < -0.39 is 14.4 Å². The van der Waals surface area contributed by atoms with Gasteiger partial charge in [-0.2, -0.15) is 0 Å². The molecular weight excluding hydrogens is 460 g/mol. The lowest BCUT2D eigenvalue weighted by Gasteiger charge is -2.46. The van der Waals surface area contributed by atoms with Gasteiger partial charge >= 0.3 is 0 Å². The first-order chi connectivity index (χ1) is 16.8. The molecule has 3 aliphatic rings. The van der Waals surface area contributed by atoms with Crippen LogP contribution in [0.4, 0.5) is 0 Å². The predicted octanol–water partition coefficient (Wildman–Crippen LogP) is 5.55. The Kier molecular flexibility index (Phi) is 11.0. The average Bonchev–Trinajstić information content (AvgIpc) is 3.43. The van der Waals surface area contributed by atoms with E-state index >= 15 is 0 Å². The van der Waals surface area contributed by atoms with Crippen molar-refractivity contribution in [1.29, 1.82) is 0 Å². The Bertz CT molecular complexity index is 674. The van der Waals surface area contributed by atoms with E-state index in [9.17, 15) is 5.11 Å². The summed E-state index contributed by atoms with van der Waals surface area (Å²) in [5.41, 5.74) is 1.20. The van der Waals surface area contributed by atoms with Gasteiger partial charge in [0.15, 0.2) is 8.32 Å². The molecule has 0 aromatic heterocycles. The number of aliphatic hydroxyl groups is 1. The van der Waals surface area contributed by atoms with E-state index in [0.717, 1.165) is 43.8 Å². The molecule has 9 atom stereocenters. The zero-order valence-corrected chi connectivity index (χ0v) is 23.7. The van der Waals surface area contributed by atoms with Gasteiger partial charge < -0.3 is 28.5 Å². The molecule has 3 heterocycles. The molecule has 3 aliphatic heterocycles. The van der Waals surface area contributed by atoms with Crippen molar-refractivity contribution in [2.24, 2.45) is 0 Å². The predicted molar refractivity (Wildman–Crippen MR) is 142 cm³/mol. The fraction of sp³-hybridized carbons (Fsp3) is 0.857. The molecule has 1 N–H and O–H groups in total. The van der Waals surface area contributed by atoms with Crippen LogP contribution < -0.4 is 0 Å². The van der Waals surface area contributed by atoms with E-state index in [2.05, 4.69) is 40.9 Å². The van der Waals surface area contributed by atoms with Crippen molar-refractivity contribution in [2.45, 2.75) is 146 Å². The standard InChI is InChI=1S/C28H50O6Si/c1-8-13-24-28(34-35(10-3,11-4)12-5)25(30-7)18-26(33-24)27-22(29)17-21(32-27)15-14-20-16-19(6)23(9-2)31-20/h8,20-29H,1,6,9-18H2,2-5,7H3/t20?,21?,22?,23?,24-,25?,26+,27?,28?/m0/s1. The Morgan fingerprint density at radius 3 is 2.29 bits per heavy atom. The molecule has 0 spiro atoms. The smallest absolute Gasteiger partial charge is 0.192 e. The van der Waals surface area contributed by atoms with Gasteiger partial charge in [-0.15, -0.1) is 6.58 Å². The molecule has 7 unspecified atom stereocenters. The summed E-state index contributed by atoms with van der Waals surface area (Å²) in [4.78, 5) is 0. The van der Waals surface area contributed by atoms with Gasteiger partial charge in [0.1, 0.15) is 6.10 Å². The maximum absolute atomic E-state index is 10.9. The molecule has 0 bridgehead atoms. The summed E-state index contributed by atoms with van der Waals surface area (Å²) in [6.45, 7) is 17.0. The first-order valence-electron chi connectivity index (χ1n) is 14.0. The van der Waals surface area contributed by atoms with Crippen LogP contribution in [0.3, 0.4) is 0 Å². The number of ether oxygens (including phenoxy) is 4. The maximum atomic E-state index is 10.9. The monoisotopic (exact) mass is 510 g/mol. The molecule has 0 saturated carbocycles. The molecule has 6 nitrogen and oxygen atoms in total. The summed E-state index contributed by atoms with van der Waals surface area (Å²) in [7, 11) is -0.0821. The van der Waals surface area contributed by atoms with E-state index in [4.69, 9.17) is 23.4 Å². The van der Waals surface area contributed by atoms with Crippen LogP contribution in [0.15, 0.2) is 24.8 Å². The Morgan fingerprint density at radius 1 is 1.03 bits per heavy atom. The molecule has 3 rings (SSSR count). The zero-order valence-electron chi connectivity index (χ0n) is 22.7. The number of hydrogen-bond acceptors (Lipinski definition) is 6. The third-order valence-corrected chi connectivity index (χ3v) is 13.3. The van der Waals surface area contributed by atoms with Crippen molar-refractivity contribution in [2.75, 3.05) is 7.11 Å². The molecule has 0 amide bonds. The highest BCUT2D eigenvalue weighted by molar-refractivity contribution is 6.73. The number of hydrogen-bond donors (Lipinski definition) is 1. The van der Waals surface area contributed by atoms with Crippen LogP contribution in [-0.2, 0) is 23.4 Å². The normalized spacial score (nSPS) is 38.2. The lowest BCUT2D eigenvalue weighted by molar-refractivity contribution is -0.206. The zero-order chi connectivity index (χ0) is 25.6. The second-order valence-electron chi connectivity index (χ2n) is 10.7. The Morgan fingerprint density at radius 2 is 1.71 bits per heavy atom. The van der Waals surface area contributed by atoms with Crippen LogP contribution >= 0.6 is 0 Å². The first-order valence-corrected chi connectivity index (χ1v) is 16.5. The van der Waals surface area contributed by atoms with Crippen LogP contribution in [-0.4, -0.2) is 75.5 Å². The summed E-state index contributed by atoms with van der Waals surface area (Å²) in [6.07, 6.45) is 6.56. The summed E-state index contributed by atoms with van der Waals surface area (Å²) in [5.74, 6) is 0. The number of rotatable bonds is 13. The Balaban J connectivity index is 1.62. The van der Waals surface area contributed by atoms with E-state index in [0.29, 0.717) is 19.3 Å². The molecular formula is C28H50O6Si. The third kappa shape index (κ3) is 6.86. The van der Waals surface area contributed by atoms with Crippen molar-refractivity contribution < 1.29 is 28.5 Å². The minimum atomic E-state index is -1.84. The largest absolute Gasteiger partial charge is 0.409 e. The van der Waals surface area contributed by atoms with Gasteiger partial charge in [-0.1, -0.05) is 40.3 Å². The fourth-order valence-electron chi connectivity index (χ4n) is 6.22. The lowest BCUT2D eigenvalue weighted by atomic mass is 9.91. The maximum Gasteiger partial charge on any atom is 0.192 e. The topological polar surface area (TPSA) is 66.4 Å². The Hall–Kier alpha value is -0.543. The van der Waals surface area contributed by atoms with Crippen molar-refractivity contribution in [3.8, 4) is 0 Å². The van der Waals surface area contributed by atoms with Crippen LogP contribution in [0.25, 0.3) is 0 Å². The summed E-state index contributed by atoms with van der Waals surface area (Å²) in [6, 6.07) is 3.25. The van der Waals surface area contributed by atoms with Gasteiger partial charge in [0.05, 0.1) is 48.8 Å². The van der Waals surface area contributed by atoms with Crippen LogP contribution in [0.2, 0.25) is 18.1 Å². The molecule has 202 valence electrons.